The molecule has 0 fully saturated rings. The van der Waals surface area contributed by atoms with Gasteiger partial charge in [0.15, 0.2) is 0 Å². The van der Waals surface area contributed by atoms with Gasteiger partial charge in [-0.3, -0.25) is 4.79 Å². The number of ether oxygens (including phenoxy) is 1. The van der Waals surface area contributed by atoms with Crippen LogP contribution in [0.15, 0.2) is 72.5 Å². The van der Waals surface area contributed by atoms with E-state index in [9.17, 15) is 18.4 Å². The second kappa shape index (κ2) is 8.82. The monoisotopic (exact) mass is 397 g/mol. The molecule has 2 aromatic rings. The maximum Gasteiger partial charge on any atom is 0.336 e. The zero-order valence-electron chi connectivity index (χ0n) is 16.0. The maximum absolute atomic E-state index is 14.1. The third-order valence-electron chi connectivity index (χ3n) is 4.91. The molecule has 0 unspecified atom stereocenters. The van der Waals surface area contributed by atoms with E-state index < -0.39 is 23.5 Å². The van der Waals surface area contributed by atoms with Gasteiger partial charge in [-0.25, -0.2) is 13.6 Å². The molecule has 0 radical (unpaired) electrons. The van der Waals surface area contributed by atoms with E-state index in [1.165, 1.54) is 35.2 Å². The molecule has 0 spiro atoms. The van der Waals surface area contributed by atoms with Gasteiger partial charge in [0.2, 0.25) is 5.91 Å². The fraction of sp³-hybridized carbons (Fsp3) is 0.217. The third-order valence-corrected chi connectivity index (χ3v) is 4.91. The van der Waals surface area contributed by atoms with Gasteiger partial charge in [-0.15, -0.1) is 0 Å². The van der Waals surface area contributed by atoms with E-state index in [0.29, 0.717) is 16.8 Å². The minimum atomic E-state index is -0.646. The van der Waals surface area contributed by atoms with Gasteiger partial charge in [0.1, 0.15) is 18.2 Å². The van der Waals surface area contributed by atoms with E-state index in [-0.39, 0.29) is 31.1 Å². The Morgan fingerprint density at radius 1 is 1.24 bits per heavy atom. The van der Waals surface area contributed by atoms with Crippen LogP contribution in [0.1, 0.15) is 30.4 Å². The van der Waals surface area contributed by atoms with Crippen molar-refractivity contribution in [2.75, 3.05) is 6.61 Å². The molecule has 2 aromatic carbocycles. The molecule has 3 rings (SSSR count). The van der Waals surface area contributed by atoms with Gasteiger partial charge in [0.05, 0.1) is 12.1 Å². The van der Waals surface area contributed by atoms with Gasteiger partial charge in [-0.1, -0.05) is 43.0 Å². The quantitative estimate of drug-likeness (QED) is 0.533. The molecule has 0 N–H and O–H groups in total. The number of hydrogen-bond acceptors (Lipinski definition) is 3. The first-order valence-electron chi connectivity index (χ1n) is 9.20. The molecule has 6 heteroatoms. The van der Waals surface area contributed by atoms with E-state index in [2.05, 4.69) is 6.58 Å². The van der Waals surface area contributed by atoms with Crippen LogP contribution in [0.5, 0.6) is 0 Å². The number of allylic oxidation sites excluding steroid dienone is 1. The van der Waals surface area contributed by atoms with Crippen molar-refractivity contribution < 1.29 is 23.1 Å². The van der Waals surface area contributed by atoms with Crippen molar-refractivity contribution >= 4 is 11.9 Å². The number of rotatable bonds is 6. The van der Waals surface area contributed by atoms with Gasteiger partial charge < -0.3 is 9.64 Å². The van der Waals surface area contributed by atoms with Crippen LogP contribution < -0.4 is 0 Å². The molecule has 0 saturated heterocycles. The smallest absolute Gasteiger partial charge is 0.336 e. The number of carbonyl (C=O) groups excluding carboxylic acids is 2. The van der Waals surface area contributed by atoms with Gasteiger partial charge in [-0.05, 0) is 30.7 Å². The highest BCUT2D eigenvalue weighted by molar-refractivity contribution is 5.95. The summed E-state index contributed by atoms with van der Waals surface area (Å²) in [5, 5.41) is 0. The number of halogens is 2. The lowest BCUT2D eigenvalue weighted by molar-refractivity contribution is -0.139. The predicted molar refractivity (Wildman–Crippen MR) is 105 cm³/mol. The molecule has 1 amide bonds. The highest BCUT2D eigenvalue weighted by Crippen LogP contribution is 2.38. The zero-order valence-corrected chi connectivity index (χ0v) is 16.0. The SMILES string of the molecule is C=CCOC(=O)C1=C(C)N(Cc2ccccc2F)C(=O)C[C@H]1c1cccc(F)c1. The lowest BCUT2D eigenvalue weighted by Gasteiger charge is -2.34. The Kier molecular flexibility index (Phi) is 6.22. The van der Waals surface area contributed by atoms with Gasteiger partial charge in [0.25, 0.3) is 0 Å². The number of esters is 1. The van der Waals surface area contributed by atoms with Crippen molar-refractivity contribution in [3.05, 3.63) is 95.2 Å². The average Bonchev–Trinajstić information content (AvgIpc) is 2.70. The summed E-state index contributed by atoms with van der Waals surface area (Å²) in [4.78, 5) is 27.0. The normalized spacial score (nSPS) is 16.7. The van der Waals surface area contributed by atoms with Crippen LogP contribution in [-0.2, 0) is 20.9 Å². The summed E-state index contributed by atoms with van der Waals surface area (Å²) in [5.41, 5.74) is 1.47. The summed E-state index contributed by atoms with van der Waals surface area (Å²) >= 11 is 0. The number of carbonyl (C=O) groups is 2. The molecule has 0 aromatic heterocycles. The molecule has 1 aliphatic rings. The highest BCUT2D eigenvalue weighted by Gasteiger charge is 2.37. The Balaban J connectivity index is 2.04. The van der Waals surface area contributed by atoms with Crippen LogP contribution in [-0.4, -0.2) is 23.4 Å². The van der Waals surface area contributed by atoms with Crippen molar-refractivity contribution in [2.24, 2.45) is 0 Å². The third kappa shape index (κ3) is 4.42. The lowest BCUT2D eigenvalue weighted by atomic mass is 9.83. The summed E-state index contributed by atoms with van der Waals surface area (Å²) in [6.07, 6.45) is 1.39. The first kappa shape index (κ1) is 20.5. The maximum atomic E-state index is 14.1. The molecule has 1 heterocycles. The summed E-state index contributed by atoms with van der Waals surface area (Å²) in [6.45, 7) is 5.15. The second-order valence-corrected chi connectivity index (χ2v) is 6.77. The second-order valence-electron chi connectivity index (χ2n) is 6.77. The fourth-order valence-electron chi connectivity index (χ4n) is 3.49. The molecule has 29 heavy (non-hydrogen) atoms. The van der Waals surface area contributed by atoms with E-state index >= 15 is 0 Å². The van der Waals surface area contributed by atoms with Gasteiger partial charge in [-0.2, -0.15) is 0 Å². The molecule has 150 valence electrons. The van der Waals surface area contributed by atoms with Crippen molar-refractivity contribution in [3.63, 3.8) is 0 Å². The highest BCUT2D eigenvalue weighted by atomic mass is 19.1. The summed E-state index contributed by atoms with van der Waals surface area (Å²) in [5.74, 6) is -2.42. The fourth-order valence-corrected chi connectivity index (χ4v) is 3.49. The molecular weight excluding hydrogens is 376 g/mol. The summed E-state index contributed by atoms with van der Waals surface area (Å²) < 4.78 is 33.1. The zero-order chi connectivity index (χ0) is 21.0. The Morgan fingerprint density at radius 2 is 2.00 bits per heavy atom. The van der Waals surface area contributed by atoms with E-state index in [4.69, 9.17) is 4.74 Å². The first-order valence-corrected chi connectivity index (χ1v) is 9.20. The van der Waals surface area contributed by atoms with Crippen LogP contribution in [0.25, 0.3) is 0 Å². The Labute approximate surface area is 168 Å². The molecule has 1 atom stereocenters. The Hall–Kier alpha value is -3.28. The minimum Gasteiger partial charge on any atom is -0.458 e. The summed E-state index contributed by atoms with van der Waals surface area (Å²) in [6, 6.07) is 12.0. The number of nitrogens with zero attached hydrogens (tertiary/aromatic N) is 1. The van der Waals surface area contributed by atoms with Gasteiger partial charge in [0, 0.05) is 23.6 Å². The Bertz CT molecular complexity index is 984. The van der Waals surface area contributed by atoms with Crippen LogP contribution in [0.4, 0.5) is 8.78 Å². The molecule has 4 nitrogen and oxygen atoms in total. The van der Waals surface area contributed by atoms with Crippen LogP contribution >= 0.6 is 0 Å². The minimum absolute atomic E-state index is 0.00669. The van der Waals surface area contributed by atoms with E-state index in [0.717, 1.165) is 0 Å². The number of benzene rings is 2. The lowest BCUT2D eigenvalue weighted by Crippen LogP contribution is -2.38. The van der Waals surface area contributed by atoms with Crippen LogP contribution in [0.2, 0.25) is 0 Å². The summed E-state index contributed by atoms with van der Waals surface area (Å²) in [7, 11) is 0. The van der Waals surface area contributed by atoms with Crippen molar-refractivity contribution in [1.82, 2.24) is 4.90 Å². The molecule has 1 aliphatic heterocycles. The number of hydrogen-bond donors (Lipinski definition) is 0. The van der Waals surface area contributed by atoms with Crippen LogP contribution in [0, 0.1) is 11.6 Å². The number of amides is 1. The average molecular weight is 397 g/mol. The molecule has 0 saturated carbocycles. The molecule has 0 bridgehead atoms. The van der Waals surface area contributed by atoms with Crippen molar-refractivity contribution in [1.29, 1.82) is 0 Å². The topological polar surface area (TPSA) is 46.6 Å². The largest absolute Gasteiger partial charge is 0.458 e. The predicted octanol–water partition coefficient (Wildman–Crippen LogP) is 4.48. The Morgan fingerprint density at radius 3 is 2.69 bits per heavy atom. The molecule has 0 aliphatic carbocycles. The first-order chi connectivity index (χ1) is 13.9. The van der Waals surface area contributed by atoms with Crippen molar-refractivity contribution in [2.45, 2.75) is 25.8 Å². The van der Waals surface area contributed by atoms with Crippen LogP contribution in [0.3, 0.4) is 0 Å². The van der Waals surface area contributed by atoms with Gasteiger partial charge >= 0.3 is 5.97 Å². The van der Waals surface area contributed by atoms with Crippen molar-refractivity contribution in [3.8, 4) is 0 Å². The van der Waals surface area contributed by atoms with E-state index in [1.807, 2.05) is 0 Å². The van der Waals surface area contributed by atoms with E-state index in [1.54, 1.807) is 31.2 Å². The standard InChI is InChI=1S/C23H21F2NO3/c1-3-11-29-23(28)22-15(2)26(14-17-7-4-5-10-20(17)25)21(27)13-19(22)16-8-6-9-18(24)12-16/h3-10,12,19H,1,11,13-14H2,2H3/t19-/m0/s1. The molecular formula is C23H21F2NO3.